The van der Waals surface area contributed by atoms with Gasteiger partial charge in [-0.1, -0.05) is 24.3 Å². The number of carbonyl (C=O) groups is 1. The van der Waals surface area contributed by atoms with Crippen molar-refractivity contribution in [2.75, 3.05) is 19.0 Å². The zero-order valence-corrected chi connectivity index (χ0v) is 16.1. The van der Waals surface area contributed by atoms with E-state index in [9.17, 15) is 4.79 Å². The second-order valence-electron chi connectivity index (χ2n) is 5.74. The van der Waals surface area contributed by atoms with Crippen LogP contribution in [0.2, 0.25) is 0 Å². The minimum Gasteiger partial charge on any atom is -0.378 e. The van der Waals surface area contributed by atoms with Gasteiger partial charge in [-0.05, 0) is 87.6 Å². The molecule has 0 atom stereocenters. The van der Waals surface area contributed by atoms with Crippen LogP contribution in [0, 0.1) is 63.7 Å². The fourth-order valence-corrected chi connectivity index (χ4v) is 2.12. The van der Waals surface area contributed by atoms with Crippen molar-refractivity contribution in [3.8, 4) is 0 Å². The number of allylic oxidation sites excluding steroid dienone is 3. The summed E-state index contributed by atoms with van der Waals surface area (Å²) in [6.07, 6.45) is 24.7. The molecule has 26 heavy (non-hydrogen) atoms. The van der Waals surface area contributed by atoms with E-state index in [4.69, 9.17) is 0 Å². The molecule has 0 unspecified atom stereocenters. The van der Waals surface area contributed by atoms with Crippen LogP contribution in [-0.2, 0) is 21.9 Å². The number of benzene rings is 1. The number of rotatable bonds is 5. The Hall–Kier alpha value is -1.31. The van der Waals surface area contributed by atoms with Gasteiger partial charge in [0, 0.05) is 25.7 Å². The molecular weight excluding hydrogens is 362 g/mol. The standard InChI is InChI=1S/C18H18NO.C5H5.Fe/c1-19(2)17-11-7-16(8-12-17)10-14-18(20)13-9-15-5-3-4-6-15;1-2-4-5-3-1;/h3-14H,1-2H3;1-5H;/q;;+2/b13-9+,14-10+;;. The van der Waals surface area contributed by atoms with Crippen LogP contribution in [0.25, 0.3) is 6.08 Å². The predicted octanol–water partition coefficient (Wildman–Crippen LogP) is 4.32. The van der Waals surface area contributed by atoms with Crippen molar-refractivity contribution in [1.29, 1.82) is 0 Å². The van der Waals surface area contributed by atoms with Gasteiger partial charge in [0.2, 0.25) is 0 Å². The third-order valence-electron chi connectivity index (χ3n) is 3.53. The molecule has 2 nitrogen and oxygen atoms in total. The molecule has 1 aromatic carbocycles. The van der Waals surface area contributed by atoms with Gasteiger partial charge in [-0.3, -0.25) is 4.79 Å². The van der Waals surface area contributed by atoms with Gasteiger partial charge < -0.3 is 4.90 Å². The van der Waals surface area contributed by atoms with E-state index in [-0.39, 0.29) is 22.9 Å². The van der Waals surface area contributed by atoms with Gasteiger partial charge in [-0.25, -0.2) is 0 Å². The quantitative estimate of drug-likeness (QED) is 0.556. The molecular formula is C23H23FeNO+2. The molecule has 3 rings (SSSR count). The molecule has 0 saturated heterocycles. The molecule has 2 fully saturated rings. The van der Waals surface area contributed by atoms with Gasteiger partial charge in [0.1, 0.15) is 0 Å². The average Bonchev–Trinajstić information content (AvgIpc) is 3.34. The Morgan fingerprint density at radius 2 is 1.27 bits per heavy atom. The molecule has 0 N–H and O–H groups in total. The Morgan fingerprint density at radius 1 is 0.769 bits per heavy atom. The Morgan fingerprint density at radius 3 is 1.77 bits per heavy atom. The first-order valence-electron chi connectivity index (χ1n) is 8.21. The number of nitrogens with zero attached hydrogens (tertiary/aromatic N) is 1. The normalized spacial score (nSPS) is 17.2. The molecule has 0 bridgehead atoms. The maximum absolute atomic E-state index is 11.7. The molecule has 2 saturated carbocycles. The minimum atomic E-state index is -0.0112. The summed E-state index contributed by atoms with van der Waals surface area (Å²) in [7, 11) is 4.01. The van der Waals surface area contributed by atoms with Crippen LogP contribution in [0.15, 0.2) is 42.5 Å². The van der Waals surface area contributed by atoms with E-state index in [1.54, 1.807) is 12.2 Å². The van der Waals surface area contributed by atoms with Crippen molar-refractivity contribution in [3.05, 3.63) is 112 Å². The van der Waals surface area contributed by atoms with Gasteiger partial charge in [-0.15, -0.1) is 0 Å². The van der Waals surface area contributed by atoms with Crippen molar-refractivity contribution in [2.24, 2.45) is 0 Å². The van der Waals surface area contributed by atoms with E-state index in [0.29, 0.717) is 0 Å². The summed E-state index contributed by atoms with van der Waals surface area (Å²) in [5.41, 5.74) is 2.16. The van der Waals surface area contributed by atoms with Crippen LogP contribution < -0.4 is 4.90 Å². The third kappa shape index (κ3) is 8.87. The molecule has 2 aliphatic carbocycles. The van der Waals surface area contributed by atoms with Gasteiger partial charge in [-0.2, -0.15) is 0 Å². The van der Waals surface area contributed by atoms with Crippen LogP contribution in [0.1, 0.15) is 5.56 Å². The van der Waals surface area contributed by atoms with Gasteiger partial charge in [0.25, 0.3) is 0 Å². The number of ketones is 1. The second-order valence-corrected chi connectivity index (χ2v) is 5.74. The van der Waals surface area contributed by atoms with E-state index in [2.05, 4.69) is 0 Å². The van der Waals surface area contributed by atoms with Crippen LogP contribution >= 0.6 is 0 Å². The van der Waals surface area contributed by atoms with E-state index >= 15 is 0 Å². The summed E-state index contributed by atoms with van der Waals surface area (Å²) in [6.45, 7) is 0. The number of anilines is 1. The van der Waals surface area contributed by atoms with E-state index < -0.39 is 0 Å². The maximum atomic E-state index is 11.7. The van der Waals surface area contributed by atoms with Crippen LogP contribution in [0.5, 0.6) is 0 Å². The Balaban J connectivity index is 0.000000486. The first-order chi connectivity index (χ1) is 12.1. The number of carbonyl (C=O) groups excluding carboxylic acids is 1. The van der Waals surface area contributed by atoms with E-state index in [1.807, 2.05) is 113 Å². The summed E-state index contributed by atoms with van der Waals surface area (Å²) < 4.78 is 0. The Kier molecular flexibility index (Phi) is 11.3. The molecule has 132 valence electrons. The molecule has 0 heterocycles. The zero-order valence-electron chi connectivity index (χ0n) is 15.0. The third-order valence-corrected chi connectivity index (χ3v) is 3.53. The topological polar surface area (TPSA) is 20.3 Å². The predicted molar refractivity (Wildman–Crippen MR) is 106 cm³/mol. The molecule has 0 spiro atoms. The monoisotopic (exact) mass is 385 g/mol. The van der Waals surface area contributed by atoms with Crippen LogP contribution in [0.3, 0.4) is 0 Å². The van der Waals surface area contributed by atoms with Crippen LogP contribution in [0.4, 0.5) is 5.69 Å². The Labute approximate surface area is 170 Å². The molecule has 10 radical (unpaired) electrons. The van der Waals surface area contributed by atoms with Gasteiger partial charge >= 0.3 is 17.1 Å². The maximum Gasteiger partial charge on any atom is 2.00 e. The van der Waals surface area contributed by atoms with E-state index in [0.717, 1.165) is 17.2 Å². The average molecular weight is 385 g/mol. The fourth-order valence-electron chi connectivity index (χ4n) is 2.12. The van der Waals surface area contributed by atoms with Crippen molar-refractivity contribution in [3.63, 3.8) is 0 Å². The summed E-state index contributed by atoms with van der Waals surface area (Å²) in [5, 5.41) is 0. The zero-order chi connectivity index (χ0) is 17.9. The molecule has 0 amide bonds. The first kappa shape index (κ1) is 22.7. The molecule has 2 aliphatic rings. The molecule has 1 aromatic rings. The molecule has 3 heteroatoms. The summed E-state index contributed by atoms with van der Waals surface area (Å²) in [5.74, 6) is 1.03. The summed E-state index contributed by atoms with van der Waals surface area (Å²) in [4.78, 5) is 13.7. The van der Waals surface area contributed by atoms with E-state index in [1.165, 1.54) is 0 Å². The SMILES string of the molecule is CN(C)c1ccc(/C=C/C(=O)/C=C/[C]2[CH][CH][CH][CH]2)cc1.[CH]1[CH][CH][CH][CH]1.[Fe+2]. The summed E-state index contributed by atoms with van der Waals surface area (Å²) >= 11 is 0. The number of hydrogen-bond donors (Lipinski definition) is 0. The fraction of sp³-hybridized carbons (Fsp3) is 0.0870. The smallest absolute Gasteiger partial charge is 0.378 e. The minimum absolute atomic E-state index is 0. The van der Waals surface area contributed by atoms with Crippen molar-refractivity contribution < 1.29 is 21.9 Å². The van der Waals surface area contributed by atoms with Crippen LogP contribution in [-0.4, -0.2) is 19.9 Å². The largest absolute Gasteiger partial charge is 2.00 e. The summed E-state index contributed by atoms with van der Waals surface area (Å²) in [6, 6.07) is 8.06. The molecule has 0 aliphatic heterocycles. The van der Waals surface area contributed by atoms with Crippen molar-refractivity contribution in [1.82, 2.24) is 0 Å². The van der Waals surface area contributed by atoms with Gasteiger partial charge in [0.05, 0.1) is 0 Å². The second kappa shape index (κ2) is 12.9. The number of hydrogen-bond acceptors (Lipinski definition) is 2. The first-order valence-corrected chi connectivity index (χ1v) is 8.21. The van der Waals surface area contributed by atoms with Crippen molar-refractivity contribution in [2.45, 2.75) is 0 Å². The van der Waals surface area contributed by atoms with Crippen molar-refractivity contribution >= 4 is 17.5 Å². The molecule has 0 aromatic heterocycles. The Bertz CT molecular complexity index is 557. The van der Waals surface area contributed by atoms with Gasteiger partial charge in [0.15, 0.2) is 5.78 Å².